The molecule has 2 nitrogen and oxygen atoms in total. The fraction of sp³-hybridized carbons (Fsp3) is 0.625. The summed E-state index contributed by atoms with van der Waals surface area (Å²) in [6.07, 6.45) is 3.84. The van der Waals surface area contributed by atoms with Gasteiger partial charge in [0.25, 0.3) is 0 Å². The monoisotopic (exact) mass is 171 g/mol. The summed E-state index contributed by atoms with van der Waals surface area (Å²) in [5, 5.41) is 3.95. The second-order valence-electron chi connectivity index (χ2n) is 2.98. The van der Waals surface area contributed by atoms with Crippen molar-refractivity contribution in [1.29, 1.82) is 0 Å². The lowest BCUT2D eigenvalue weighted by Crippen LogP contribution is -2.08. The topological polar surface area (TPSA) is 26.0 Å². The predicted molar refractivity (Wildman–Crippen MR) is 42.7 cm³/mol. The second-order valence-corrected chi connectivity index (χ2v) is 3.25. The number of halogens is 1. The van der Waals surface area contributed by atoms with Gasteiger partial charge in [-0.3, -0.25) is 0 Å². The van der Waals surface area contributed by atoms with Crippen LogP contribution in [-0.2, 0) is 5.88 Å². The largest absolute Gasteiger partial charge is 0.360 e. The molecule has 0 unspecified atom stereocenters. The maximum atomic E-state index is 5.57. The van der Waals surface area contributed by atoms with E-state index in [0.29, 0.717) is 11.8 Å². The third kappa shape index (κ3) is 1.27. The summed E-state index contributed by atoms with van der Waals surface area (Å²) in [6, 6.07) is 1.97. The van der Waals surface area contributed by atoms with Gasteiger partial charge in [-0.05, 0) is 12.8 Å². The van der Waals surface area contributed by atoms with Crippen LogP contribution in [0.1, 0.15) is 36.6 Å². The van der Waals surface area contributed by atoms with Crippen LogP contribution in [0.2, 0.25) is 0 Å². The van der Waals surface area contributed by atoms with Crippen LogP contribution in [0, 0.1) is 0 Å². The fourth-order valence-corrected chi connectivity index (χ4v) is 1.41. The van der Waals surface area contributed by atoms with E-state index in [2.05, 4.69) is 5.16 Å². The van der Waals surface area contributed by atoms with Crippen molar-refractivity contribution >= 4 is 11.6 Å². The zero-order valence-electron chi connectivity index (χ0n) is 6.22. The average Bonchev–Trinajstić information content (AvgIpc) is 2.32. The van der Waals surface area contributed by atoms with Crippen molar-refractivity contribution in [1.82, 2.24) is 5.16 Å². The molecule has 3 heteroatoms. The van der Waals surface area contributed by atoms with Crippen molar-refractivity contribution in [3.63, 3.8) is 0 Å². The number of aromatic nitrogens is 1. The highest BCUT2D eigenvalue weighted by atomic mass is 35.5. The van der Waals surface area contributed by atoms with Gasteiger partial charge in [0.05, 0.1) is 11.6 Å². The van der Waals surface area contributed by atoms with E-state index in [0.717, 1.165) is 11.5 Å². The summed E-state index contributed by atoms with van der Waals surface area (Å²) in [5.41, 5.74) is 1.09. The molecule has 1 aromatic heterocycles. The molecular formula is C8H10ClNO. The molecule has 1 aromatic rings. The summed E-state index contributed by atoms with van der Waals surface area (Å²) in [7, 11) is 0. The van der Waals surface area contributed by atoms with Crippen LogP contribution in [0.5, 0.6) is 0 Å². The first-order valence-electron chi connectivity index (χ1n) is 3.91. The number of alkyl halides is 1. The van der Waals surface area contributed by atoms with Gasteiger partial charge in [-0.25, -0.2) is 0 Å². The average molecular weight is 172 g/mol. The van der Waals surface area contributed by atoms with E-state index in [-0.39, 0.29) is 0 Å². The lowest BCUT2D eigenvalue weighted by atomic mass is 9.83. The van der Waals surface area contributed by atoms with Crippen molar-refractivity contribution < 1.29 is 4.52 Å². The Morgan fingerprint density at radius 2 is 2.45 bits per heavy atom. The summed E-state index contributed by atoms with van der Waals surface area (Å²) in [6.45, 7) is 0. The molecule has 0 aliphatic heterocycles. The molecule has 2 rings (SSSR count). The quantitative estimate of drug-likeness (QED) is 0.640. The first-order valence-corrected chi connectivity index (χ1v) is 4.45. The van der Waals surface area contributed by atoms with Crippen LogP contribution in [0.25, 0.3) is 0 Å². The van der Waals surface area contributed by atoms with Crippen LogP contribution in [0.4, 0.5) is 0 Å². The molecule has 0 N–H and O–H groups in total. The lowest BCUT2D eigenvalue weighted by molar-refractivity contribution is 0.352. The highest BCUT2D eigenvalue weighted by Gasteiger charge is 2.22. The molecule has 1 saturated carbocycles. The van der Waals surface area contributed by atoms with Crippen LogP contribution in [-0.4, -0.2) is 5.16 Å². The van der Waals surface area contributed by atoms with E-state index in [1.165, 1.54) is 19.3 Å². The van der Waals surface area contributed by atoms with Gasteiger partial charge in [0.2, 0.25) is 0 Å². The Morgan fingerprint density at radius 1 is 1.64 bits per heavy atom. The van der Waals surface area contributed by atoms with Gasteiger partial charge >= 0.3 is 0 Å². The van der Waals surface area contributed by atoms with Gasteiger partial charge < -0.3 is 4.52 Å². The molecular weight excluding hydrogens is 162 g/mol. The van der Waals surface area contributed by atoms with Gasteiger partial charge in [0, 0.05) is 12.0 Å². The van der Waals surface area contributed by atoms with E-state index in [1.807, 2.05) is 6.07 Å². The highest BCUT2D eigenvalue weighted by Crippen LogP contribution is 2.35. The third-order valence-electron chi connectivity index (χ3n) is 2.23. The molecule has 0 saturated heterocycles. The zero-order chi connectivity index (χ0) is 7.68. The normalized spacial score (nSPS) is 18.3. The summed E-state index contributed by atoms with van der Waals surface area (Å²) in [5.74, 6) is 1.86. The van der Waals surface area contributed by atoms with E-state index in [1.54, 1.807) is 0 Å². The standard InChI is InChI=1S/C8H10ClNO/c9-5-7-4-8(10-11-7)6-2-1-3-6/h4,6H,1-3,5H2. The Hall–Kier alpha value is -0.500. The molecule has 0 spiro atoms. The first kappa shape index (κ1) is 7.17. The van der Waals surface area contributed by atoms with Crippen LogP contribution < -0.4 is 0 Å². The van der Waals surface area contributed by atoms with Gasteiger partial charge in [0.1, 0.15) is 0 Å². The van der Waals surface area contributed by atoms with Gasteiger partial charge in [-0.2, -0.15) is 0 Å². The van der Waals surface area contributed by atoms with Gasteiger partial charge in [-0.1, -0.05) is 11.6 Å². The molecule has 1 heterocycles. The zero-order valence-corrected chi connectivity index (χ0v) is 6.97. The second kappa shape index (κ2) is 2.86. The lowest BCUT2D eigenvalue weighted by Gasteiger charge is -2.22. The first-order chi connectivity index (χ1) is 5.40. The molecule has 1 fully saturated rings. The molecule has 1 aliphatic carbocycles. The Kier molecular flexibility index (Phi) is 1.86. The summed E-state index contributed by atoms with van der Waals surface area (Å²) < 4.78 is 4.99. The Morgan fingerprint density at radius 3 is 2.91 bits per heavy atom. The smallest absolute Gasteiger partial charge is 0.151 e. The SMILES string of the molecule is ClCc1cc(C2CCC2)no1. The van der Waals surface area contributed by atoms with Crippen LogP contribution in [0.15, 0.2) is 10.6 Å². The van der Waals surface area contributed by atoms with Gasteiger partial charge in [0.15, 0.2) is 5.76 Å². The van der Waals surface area contributed by atoms with E-state index in [9.17, 15) is 0 Å². The Bertz CT molecular complexity index is 242. The van der Waals surface area contributed by atoms with Crippen molar-refractivity contribution in [2.75, 3.05) is 0 Å². The molecule has 0 bridgehead atoms. The summed E-state index contributed by atoms with van der Waals surface area (Å²) >= 11 is 5.57. The maximum Gasteiger partial charge on any atom is 0.151 e. The third-order valence-corrected chi connectivity index (χ3v) is 2.50. The fourth-order valence-electron chi connectivity index (χ4n) is 1.29. The minimum absolute atomic E-state index is 0.430. The van der Waals surface area contributed by atoms with Crippen LogP contribution >= 0.6 is 11.6 Å². The summed E-state index contributed by atoms with van der Waals surface area (Å²) in [4.78, 5) is 0. The number of hydrogen-bond acceptors (Lipinski definition) is 2. The molecule has 0 amide bonds. The Balaban J connectivity index is 2.11. The van der Waals surface area contributed by atoms with Gasteiger partial charge in [-0.15, -0.1) is 11.6 Å². The highest BCUT2D eigenvalue weighted by molar-refractivity contribution is 6.16. The van der Waals surface area contributed by atoms with Crippen molar-refractivity contribution in [3.05, 3.63) is 17.5 Å². The number of hydrogen-bond donors (Lipinski definition) is 0. The molecule has 0 radical (unpaired) electrons. The molecule has 0 aromatic carbocycles. The molecule has 60 valence electrons. The number of rotatable bonds is 2. The predicted octanol–water partition coefficient (Wildman–Crippen LogP) is 2.68. The van der Waals surface area contributed by atoms with E-state index >= 15 is 0 Å². The van der Waals surface area contributed by atoms with Crippen molar-refractivity contribution in [3.8, 4) is 0 Å². The number of nitrogens with zero attached hydrogens (tertiary/aromatic N) is 1. The van der Waals surface area contributed by atoms with Crippen LogP contribution in [0.3, 0.4) is 0 Å². The van der Waals surface area contributed by atoms with E-state index in [4.69, 9.17) is 16.1 Å². The molecule has 1 aliphatic rings. The minimum Gasteiger partial charge on any atom is -0.360 e. The van der Waals surface area contributed by atoms with E-state index < -0.39 is 0 Å². The minimum atomic E-state index is 0.430. The molecule has 0 atom stereocenters. The maximum absolute atomic E-state index is 5.57. The molecule has 11 heavy (non-hydrogen) atoms. The van der Waals surface area contributed by atoms with Crippen molar-refractivity contribution in [2.45, 2.75) is 31.1 Å². The Labute approximate surface area is 70.5 Å². The van der Waals surface area contributed by atoms with Crippen molar-refractivity contribution in [2.24, 2.45) is 0 Å².